The second-order valence-electron chi connectivity index (χ2n) is 5.84. The molecule has 0 aliphatic heterocycles. The molecule has 0 saturated carbocycles. The van der Waals surface area contributed by atoms with Crippen molar-refractivity contribution < 1.29 is 4.39 Å². The molecule has 0 atom stereocenters. The first-order valence-corrected chi connectivity index (χ1v) is 8.92. The minimum Gasteiger partial charge on any atom is -0.247 e. The number of hydrogen-bond acceptors (Lipinski definition) is 4. The maximum atomic E-state index is 14.1. The largest absolute Gasteiger partial charge is 0.247 e. The molecular formula is C22H16FN3S. The molecule has 0 saturated heterocycles. The molecule has 3 aromatic rings. The van der Waals surface area contributed by atoms with E-state index in [1.165, 1.54) is 11.8 Å². The van der Waals surface area contributed by atoms with Crippen LogP contribution in [0.4, 0.5) is 10.2 Å². The molecule has 0 aliphatic carbocycles. The molecule has 0 fully saturated rings. The van der Waals surface area contributed by atoms with Crippen molar-refractivity contribution in [1.82, 2.24) is 9.97 Å². The molecule has 0 N–H and O–H groups in total. The molecule has 5 heteroatoms. The van der Waals surface area contributed by atoms with Crippen LogP contribution >= 0.6 is 12.2 Å². The van der Waals surface area contributed by atoms with E-state index in [9.17, 15) is 4.39 Å². The maximum absolute atomic E-state index is 14.1. The lowest BCUT2D eigenvalue weighted by molar-refractivity contribution is 0.582. The van der Waals surface area contributed by atoms with Gasteiger partial charge in [0.2, 0.25) is 5.95 Å². The zero-order valence-corrected chi connectivity index (χ0v) is 15.6. The van der Waals surface area contributed by atoms with Gasteiger partial charge in [-0.3, -0.25) is 0 Å². The van der Waals surface area contributed by atoms with Crippen LogP contribution in [0.2, 0.25) is 0 Å². The molecule has 0 bridgehead atoms. The molecule has 3 nitrogen and oxygen atoms in total. The summed E-state index contributed by atoms with van der Waals surface area (Å²) in [5, 5.41) is 2.14. The summed E-state index contributed by atoms with van der Waals surface area (Å²) in [6.07, 6.45) is 3.56. The van der Waals surface area contributed by atoms with E-state index < -0.39 is 5.95 Å². The van der Waals surface area contributed by atoms with Gasteiger partial charge in [0.15, 0.2) is 5.82 Å². The first kappa shape index (κ1) is 18.6. The van der Waals surface area contributed by atoms with Gasteiger partial charge in [0.05, 0.1) is 11.4 Å². The number of aliphatic imine (C=N–C) groups is 1. The van der Waals surface area contributed by atoms with Crippen molar-refractivity contribution >= 4 is 23.2 Å². The summed E-state index contributed by atoms with van der Waals surface area (Å²) in [5.41, 5.74) is 3.90. The lowest BCUT2D eigenvalue weighted by Crippen LogP contribution is -1.93. The Balaban J connectivity index is 1.77. The number of aromatic nitrogens is 2. The van der Waals surface area contributed by atoms with Crippen molar-refractivity contribution in [3.8, 4) is 23.1 Å². The summed E-state index contributed by atoms with van der Waals surface area (Å²) in [7, 11) is 0. The fraction of sp³-hybridized carbons (Fsp3) is 0.136. The molecule has 132 valence electrons. The van der Waals surface area contributed by atoms with E-state index in [1.807, 2.05) is 24.3 Å². The molecule has 3 rings (SSSR count). The van der Waals surface area contributed by atoms with Gasteiger partial charge >= 0.3 is 0 Å². The molecule has 0 spiro atoms. The second kappa shape index (κ2) is 8.95. The van der Waals surface area contributed by atoms with Crippen LogP contribution in [-0.4, -0.2) is 15.1 Å². The number of halogens is 1. The van der Waals surface area contributed by atoms with Crippen LogP contribution in [0, 0.1) is 17.8 Å². The van der Waals surface area contributed by atoms with Gasteiger partial charge in [-0.2, -0.15) is 14.4 Å². The number of isothiocyanates is 1. The van der Waals surface area contributed by atoms with Crippen molar-refractivity contribution in [3.05, 3.63) is 77.4 Å². The zero-order valence-electron chi connectivity index (χ0n) is 14.7. The summed E-state index contributed by atoms with van der Waals surface area (Å²) in [6, 6.07) is 15.5. The molecule has 0 unspecified atom stereocenters. The Labute approximate surface area is 163 Å². The minimum absolute atomic E-state index is 0.0960. The van der Waals surface area contributed by atoms with Crippen molar-refractivity contribution in [2.24, 2.45) is 4.99 Å². The lowest BCUT2D eigenvalue weighted by Gasteiger charge is -2.02. The number of aryl methyl sites for hydroxylation is 1. The summed E-state index contributed by atoms with van der Waals surface area (Å²) in [5.74, 6) is 5.65. The summed E-state index contributed by atoms with van der Waals surface area (Å²) < 4.78 is 14.1. The predicted octanol–water partition coefficient (Wildman–Crippen LogP) is 5.37. The van der Waals surface area contributed by atoms with Crippen molar-refractivity contribution in [3.63, 3.8) is 0 Å². The zero-order chi connectivity index (χ0) is 19.1. The van der Waals surface area contributed by atoms with E-state index in [0.29, 0.717) is 5.56 Å². The molecule has 0 amide bonds. The number of nitrogens with zero attached hydrogens (tertiary/aromatic N) is 3. The van der Waals surface area contributed by atoms with Crippen LogP contribution < -0.4 is 0 Å². The second-order valence-corrected chi connectivity index (χ2v) is 6.03. The molecule has 1 heterocycles. The van der Waals surface area contributed by atoms with Crippen LogP contribution in [0.1, 0.15) is 30.0 Å². The Morgan fingerprint density at radius 2 is 1.63 bits per heavy atom. The van der Waals surface area contributed by atoms with Crippen LogP contribution in [0.25, 0.3) is 11.3 Å². The van der Waals surface area contributed by atoms with E-state index in [1.54, 1.807) is 12.1 Å². The Morgan fingerprint density at radius 1 is 1.00 bits per heavy atom. The van der Waals surface area contributed by atoms with E-state index in [-0.39, 0.29) is 11.5 Å². The summed E-state index contributed by atoms with van der Waals surface area (Å²) >= 11 is 4.48. The third-order valence-electron chi connectivity index (χ3n) is 3.88. The molecule has 1 aromatic heterocycles. The van der Waals surface area contributed by atoms with Gasteiger partial charge in [-0.15, -0.1) is 0 Å². The van der Waals surface area contributed by atoms with E-state index in [0.717, 1.165) is 24.0 Å². The number of rotatable bonds is 4. The first-order chi connectivity index (χ1) is 13.2. The number of hydrogen-bond donors (Lipinski definition) is 0. The molecule has 27 heavy (non-hydrogen) atoms. The van der Waals surface area contributed by atoms with Crippen LogP contribution in [0.3, 0.4) is 0 Å². The quantitative estimate of drug-likeness (QED) is 0.351. The van der Waals surface area contributed by atoms with Crippen LogP contribution in [-0.2, 0) is 6.42 Å². The molecule has 0 aliphatic rings. The number of thiocarbonyl (C=S) groups is 1. The third kappa shape index (κ3) is 4.92. The Morgan fingerprint density at radius 3 is 2.19 bits per heavy atom. The molecule has 2 aromatic carbocycles. The van der Waals surface area contributed by atoms with Crippen molar-refractivity contribution in [2.75, 3.05) is 0 Å². The van der Waals surface area contributed by atoms with E-state index in [4.69, 9.17) is 0 Å². The van der Waals surface area contributed by atoms with Crippen LogP contribution in [0.5, 0.6) is 0 Å². The topological polar surface area (TPSA) is 38.1 Å². The van der Waals surface area contributed by atoms with E-state index in [2.05, 4.69) is 63.2 Å². The van der Waals surface area contributed by atoms with Gasteiger partial charge in [0.1, 0.15) is 5.69 Å². The average Bonchev–Trinajstić information content (AvgIpc) is 2.69. The van der Waals surface area contributed by atoms with Gasteiger partial charge in [-0.25, -0.2) is 4.98 Å². The summed E-state index contributed by atoms with van der Waals surface area (Å²) in [6.45, 7) is 2.16. The highest BCUT2D eigenvalue weighted by Crippen LogP contribution is 2.21. The fourth-order valence-corrected chi connectivity index (χ4v) is 2.64. The Kier molecular flexibility index (Phi) is 6.17. The molecular weight excluding hydrogens is 357 g/mol. The van der Waals surface area contributed by atoms with Crippen molar-refractivity contribution in [2.45, 2.75) is 19.8 Å². The Hall–Kier alpha value is -3.19. The minimum atomic E-state index is -0.701. The fourth-order valence-electron chi connectivity index (χ4n) is 2.55. The van der Waals surface area contributed by atoms with Gasteiger partial charge in [0.25, 0.3) is 0 Å². The highest BCUT2D eigenvalue weighted by atomic mass is 32.1. The standard InChI is InChI=1S/C22H16FN3S/c1-2-3-16-4-6-17(7-5-16)8-9-18-10-12-19(13-11-18)21-22(23)26-20(14-24-21)25-15-27/h4-7,10-14H,2-3H2,1H3. The smallest absolute Gasteiger partial charge is 0.241 e. The lowest BCUT2D eigenvalue weighted by atomic mass is 10.1. The number of benzene rings is 2. The predicted molar refractivity (Wildman–Crippen MR) is 109 cm³/mol. The van der Waals surface area contributed by atoms with Crippen LogP contribution in [0.15, 0.2) is 59.7 Å². The normalized spacial score (nSPS) is 9.85. The van der Waals surface area contributed by atoms with Gasteiger partial charge in [0, 0.05) is 16.7 Å². The highest BCUT2D eigenvalue weighted by molar-refractivity contribution is 7.78. The van der Waals surface area contributed by atoms with Gasteiger partial charge in [-0.05, 0) is 48.5 Å². The molecule has 0 radical (unpaired) electrons. The monoisotopic (exact) mass is 373 g/mol. The average molecular weight is 373 g/mol. The maximum Gasteiger partial charge on any atom is 0.241 e. The van der Waals surface area contributed by atoms with Gasteiger partial charge in [-0.1, -0.05) is 49.5 Å². The SMILES string of the molecule is CCCc1ccc(C#Cc2ccc(-c3ncc(N=C=S)nc3F)cc2)cc1. The Bertz CT molecular complexity index is 1040. The first-order valence-electron chi connectivity index (χ1n) is 8.51. The van der Waals surface area contributed by atoms with Crippen molar-refractivity contribution in [1.29, 1.82) is 0 Å². The highest BCUT2D eigenvalue weighted by Gasteiger charge is 2.09. The van der Waals surface area contributed by atoms with E-state index >= 15 is 0 Å². The summed E-state index contributed by atoms with van der Waals surface area (Å²) in [4.78, 5) is 11.4. The van der Waals surface area contributed by atoms with Gasteiger partial charge < -0.3 is 0 Å². The third-order valence-corrected chi connectivity index (χ3v) is 3.97.